The molecule has 6 rings (SSSR count). The molecule has 0 bridgehead atoms. The summed E-state index contributed by atoms with van der Waals surface area (Å²) in [5, 5.41) is 18.5. The van der Waals surface area contributed by atoms with E-state index in [2.05, 4.69) is 35.9 Å². The van der Waals surface area contributed by atoms with Crippen molar-refractivity contribution in [1.82, 2.24) is 40.2 Å². The third-order valence-electron chi connectivity index (χ3n) is 7.97. The molecule has 5 aromatic heterocycles. The first kappa shape index (κ1) is 27.5. The van der Waals surface area contributed by atoms with E-state index >= 15 is 0 Å². The first-order valence-electron chi connectivity index (χ1n) is 13.9. The number of carbonyl (C=O) groups excluding carboxylic acids is 1. The molecule has 0 aromatic carbocycles. The Hall–Kier alpha value is -4.71. The number of hydrogen-bond acceptors (Lipinski definition) is 8. The maximum Gasteiger partial charge on any atom is 0.252 e. The summed E-state index contributed by atoms with van der Waals surface area (Å²) in [6.45, 7) is 3.85. The lowest BCUT2D eigenvalue weighted by atomic mass is 9.76. The van der Waals surface area contributed by atoms with E-state index in [-0.39, 0.29) is 17.9 Å². The van der Waals surface area contributed by atoms with Gasteiger partial charge >= 0.3 is 0 Å². The van der Waals surface area contributed by atoms with Crippen molar-refractivity contribution in [1.29, 1.82) is 0 Å². The van der Waals surface area contributed by atoms with Crippen LogP contribution in [0.5, 0.6) is 0 Å². The van der Waals surface area contributed by atoms with Gasteiger partial charge in [-0.3, -0.25) is 14.9 Å². The molecule has 1 aliphatic rings. The van der Waals surface area contributed by atoms with Gasteiger partial charge in [0, 0.05) is 42.6 Å². The second-order valence-electron chi connectivity index (χ2n) is 10.7. The van der Waals surface area contributed by atoms with Crippen LogP contribution in [0.4, 0.5) is 16.0 Å². The number of methoxy groups -OCH3 is 1. The molecule has 0 spiro atoms. The second-order valence-corrected chi connectivity index (χ2v) is 10.7. The van der Waals surface area contributed by atoms with Crippen LogP contribution in [0.15, 0.2) is 61.2 Å². The number of H-pyrrole nitrogens is 1. The number of nitrogens with one attached hydrogen (secondary N) is 3. The molecule has 0 unspecified atom stereocenters. The van der Waals surface area contributed by atoms with Gasteiger partial charge in [0.25, 0.3) is 5.91 Å². The van der Waals surface area contributed by atoms with Crippen molar-refractivity contribution in [2.75, 3.05) is 12.4 Å². The van der Waals surface area contributed by atoms with E-state index in [1.807, 2.05) is 44.2 Å². The Morgan fingerprint density at radius 1 is 1.17 bits per heavy atom. The Balaban J connectivity index is 1.16. The summed E-state index contributed by atoms with van der Waals surface area (Å²) < 4.78 is 20.6. The number of aromatic nitrogens is 7. The van der Waals surface area contributed by atoms with E-state index in [4.69, 9.17) is 9.72 Å². The van der Waals surface area contributed by atoms with Gasteiger partial charge in [-0.15, -0.1) is 0 Å². The summed E-state index contributed by atoms with van der Waals surface area (Å²) in [6.07, 6.45) is 8.35. The maximum atomic E-state index is 13.6. The van der Waals surface area contributed by atoms with Crippen LogP contribution in [0.3, 0.4) is 0 Å². The van der Waals surface area contributed by atoms with Crippen LogP contribution in [-0.4, -0.2) is 53.5 Å². The average Bonchev–Trinajstić information content (AvgIpc) is 3.64. The summed E-state index contributed by atoms with van der Waals surface area (Å²) in [4.78, 5) is 27.6. The van der Waals surface area contributed by atoms with Gasteiger partial charge in [-0.1, -0.05) is 12.1 Å². The molecule has 1 aliphatic carbocycles. The van der Waals surface area contributed by atoms with Gasteiger partial charge in [-0.2, -0.15) is 10.2 Å². The summed E-state index contributed by atoms with van der Waals surface area (Å²) in [6, 6.07) is 11.1. The highest BCUT2D eigenvalue weighted by atomic mass is 19.1. The molecule has 1 fully saturated rings. The second kappa shape index (κ2) is 11.3. The van der Waals surface area contributed by atoms with Crippen molar-refractivity contribution in [3.8, 4) is 5.82 Å². The zero-order valence-corrected chi connectivity index (χ0v) is 23.6. The quantitative estimate of drug-likeness (QED) is 0.236. The highest BCUT2D eigenvalue weighted by Gasteiger charge is 2.43. The Bertz CT molecular complexity index is 1710. The molecular weight excluding hydrogens is 537 g/mol. The average molecular weight is 570 g/mol. The van der Waals surface area contributed by atoms with Crippen LogP contribution in [0.2, 0.25) is 0 Å². The van der Waals surface area contributed by atoms with Crippen molar-refractivity contribution < 1.29 is 13.9 Å². The number of carbonyl (C=O) groups is 1. The Morgan fingerprint density at radius 3 is 2.67 bits per heavy atom. The predicted molar refractivity (Wildman–Crippen MR) is 155 cm³/mol. The van der Waals surface area contributed by atoms with Crippen LogP contribution < -0.4 is 10.6 Å². The van der Waals surface area contributed by atoms with Crippen LogP contribution in [0.25, 0.3) is 16.7 Å². The largest absolute Gasteiger partial charge is 0.368 e. The van der Waals surface area contributed by atoms with Crippen LogP contribution >= 0.6 is 0 Å². The predicted octanol–water partition coefficient (Wildman–Crippen LogP) is 5.04. The molecule has 216 valence electrons. The first-order chi connectivity index (χ1) is 20.3. The topological polar surface area (TPSA) is 136 Å². The Labute approximate surface area is 241 Å². The van der Waals surface area contributed by atoms with E-state index in [1.165, 1.54) is 10.9 Å². The summed E-state index contributed by atoms with van der Waals surface area (Å²) in [7, 11) is 1.59. The zero-order valence-electron chi connectivity index (χ0n) is 23.6. The standard InChI is InChI=1S/C30H32FN9O2/c1-18-13-25(39-38-18)36-24-14-21-5-4-12-32-27(21)28(37-24)20-8-10-30(42-3,11-9-20)29(41)35-19(2)22-6-7-26(33-15-22)40-17-23(31)16-34-40/h4-7,12-17,19-20H,8-11H2,1-3H3,(H,35,41)(H2,36,37,38,39)/t19-,20?,30?/m0/s1. The molecular formula is C30H32FN9O2. The van der Waals surface area contributed by atoms with Crippen molar-refractivity contribution in [3.05, 3.63) is 84.0 Å². The smallest absolute Gasteiger partial charge is 0.252 e. The molecule has 1 saturated carbocycles. The zero-order chi connectivity index (χ0) is 29.3. The van der Waals surface area contributed by atoms with E-state index < -0.39 is 11.4 Å². The van der Waals surface area contributed by atoms with Crippen LogP contribution in [0.1, 0.15) is 61.5 Å². The number of aromatic amines is 1. The highest BCUT2D eigenvalue weighted by molar-refractivity contribution is 5.86. The number of aryl methyl sites for hydroxylation is 1. The number of amides is 1. The molecule has 1 atom stereocenters. The third-order valence-corrected chi connectivity index (χ3v) is 7.97. The molecule has 0 aliphatic heterocycles. The number of pyridine rings is 3. The number of ether oxygens (including phenoxy) is 1. The van der Waals surface area contributed by atoms with Crippen molar-refractivity contribution in [3.63, 3.8) is 0 Å². The highest BCUT2D eigenvalue weighted by Crippen LogP contribution is 2.41. The van der Waals surface area contributed by atoms with Crippen LogP contribution in [-0.2, 0) is 9.53 Å². The SMILES string of the molecule is COC1(C(=O)N[C@@H](C)c2ccc(-n3cc(F)cn3)nc2)CCC(c2nc(Nc3cc(C)[nH]n3)cc3cccnc23)CC1. The summed E-state index contributed by atoms with van der Waals surface area (Å²) in [5.41, 5.74) is 2.59. The van der Waals surface area contributed by atoms with Gasteiger partial charge in [0.05, 0.1) is 29.6 Å². The Kier molecular flexibility index (Phi) is 7.38. The van der Waals surface area contributed by atoms with Gasteiger partial charge < -0.3 is 15.4 Å². The minimum absolute atomic E-state index is 0.113. The van der Waals surface area contributed by atoms with E-state index in [1.54, 1.807) is 25.6 Å². The molecule has 11 nitrogen and oxygen atoms in total. The lowest BCUT2D eigenvalue weighted by Crippen LogP contribution is -2.50. The van der Waals surface area contributed by atoms with Crippen LogP contribution in [0, 0.1) is 12.7 Å². The fourth-order valence-corrected chi connectivity index (χ4v) is 5.58. The molecule has 1 amide bonds. The molecule has 42 heavy (non-hydrogen) atoms. The van der Waals surface area contributed by atoms with E-state index in [0.717, 1.165) is 46.9 Å². The first-order valence-corrected chi connectivity index (χ1v) is 13.9. The number of rotatable bonds is 8. The van der Waals surface area contributed by atoms with Gasteiger partial charge in [0.15, 0.2) is 17.5 Å². The summed E-state index contributed by atoms with van der Waals surface area (Å²) >= 11 is 0. The van der Waals surface area contributed by atoms with Gasteiger partial charge in [-0.05, 0) is 63.3 Å². The normalized spacial score (nSPS) is 19.5. The number of anilines is 2. The molecule has 5 heterocycles. The minimum Gasteiger partial charge on any atom is -0.368 e. The van der Waals surface area contributed by atoms with Gasteiger partial charge in [0.2, 0.25) is 0 Å². The number of fused-ring (bicyclic) bond motifs is 1. The lowest BCUT2D eigenvalue weighted by molar-refractivity contribution is -0.148. The Morgan fingerprint density at radius 2 is 2.00 bits per heavy atom. The molecule has 5 aromatic rings. The van der Waals surface area contributed by atoms with E-state index in [9.17, 15) is 9.18 Å². The minimum atomic E-state index is -0.948. The summed E-state index contributed by atoms with van der Waals surface area (Å²) in [5.74, 6) is 1.40. The molecule has 0 saturated heterocycles. The lowest BCUT2D eigenvalue weighted by Gasteiger charge is -2.38. The van der Waals surface area contributed by atoms with Crippen molar-refractivity contribution >= 4 is 28.4 Å². The molecule has 0 radical (unpaired) electrons. The number of halogens is 1. The fourth-order valence-electron chi connectivity index (χ4n) is 5.58. The van der Waals surface area contributed by atoms with Crippen molar-refractivity contribution in [2.24, 2.45) is 0 Å². The van der Waals surface area contributed by atoms with Gasteiger partial charge in [0.1, 0.15) is 11.4 Å². The van der Waals surface area contributed by atoms with Crippen molar-refractivity contribution in [2.45, 2.75) is 57.1 Å². The van der Waals surface area contributed by atoms with E-state index in [0.29, 0.717) is 30.3 Å². The number of hydrogen-bond donors (Lipinski definition) is 3. The molecule has 3 N–H and O–H groups in total. The number of nitrogens with zero attached hydrogens (tertiary/aromatic N) is 6. The van der Waals surface area contributed by atoms with Gasteiger partial charge in [-0.25, -0.2) is 19.0 Å². The monoisotopic (exact) mass is 569 g/mol. The fraction of sp³-hybridized carbons (Fsp3) is 0.333. The third kappa shape index (κ3) is 5.45. The molecule has 12 heteroatoms. The maximum absolute atomic E-state index is 13.6.